The highest BCUT2D eigenvalue weighted by atomic mass is 19.1. The summed E-state index contributed by atoms with van der Waals surface area (Å²) < 4.78 is 25.8. The molecule has 28 heavy (non-hydrogen) atoms. The SMILES string of the molecule is C=C(C(C)=C(F)c1ccc(C(=O)OCC)cc1OC)C1=C(C)CCCC1(C)C. The normalized spacial score (nSPS) is 17.1. The van der Waals surface area contributed by atoms with Gasteiger partial charge in [0.15, 0.2) is 0 Å². The van der Waals surface area contributed by atoms with E-state index in [0.717, 1.165) is 30.4 Å². The van der Waals surface area contributed by atoms with Crippen molar-refractivity contribution in [2.75, 3.05) is 13.7 Å². The molecule has 0 aliphatic heterocycles. The molecule has 0 spiro atoms. The van der Waals surface area contributed by atoms with Gasteiger partial charge in [-0.2, -0.15) is 0 Å². The smallest absolute Gasteiger partial charge is 0.338 e. The first-order chi connectivity index (χ1) is 13.1. The standard InChI is InChI=1S/C24H31FO3/c1-8-28-23(26)18-11-12-19(20(14-18)27-7)22(25)17(4)16(3)21-15(2)10-9-13-24(21,5)6/h11-12,14H,3,8-10,13H2,1-2,4-7H3. The van der Waals surface area contributed by atoms with Gasteiger partial charge in [0.1, 0.15) is 11.6 Å². The number of carbonyl (C=O) groups excluding carboxylic acids is 1. The van der Waals surface area contributed by atoms with Gasteiger partial charge in [0, 0.05) is 0 Å². The van der Waals surface area contributed by atoms with E-state index >= 15 is 4.39 Å². The lowest BCUT2D eigenvalue weighted by atomic mass is 9.69. The maximum Gasteiger partial charge on any atom is 0.338 e. The van der Waals surface area contributed by atoms with Crippen LogP contribution in [0.4, 0.5) is 4.39 Å². The third kappa shape index (κ3) is 4.37. The summed E-state index contributed by atoms with van der Waals surface area (Å²) in [6.45, 7) is 14.5. The lowest BCUT2D eigenvalue weighted by molar-refractivity contribution is 0.0526. The van der Waals surface area contributed by atoms with Gasteiger partial charge in [-0.3, -0.25) is 0 Å². The number of ether oxygens (including phenoxy) is 2. The minimum absolute atomic E-state index is 0.0290. The topological polar surface area (TPSA) is 35.5 Å². The Kier molecular flexibility index (Phi) is 6.87. The zero-order chi connectivity index (χ0) is 21.1. The minimum Gasteiger partial charge on any atom is -0.496 e. The molecule has 0 aromatic heterocycles. The van der Waals surface area contributed by atoms with Gasteiger partial charge in [-0.25, -0.2) is 9.18 Å². The number of allylic oxidation sites excluding steroid dienone is 4. The average Bonchev–Trinajstić information content (AvgIpc) is 2.65. The van der Waals surface area contributed by atoms with Crippen LogP contribution in [-0.2, 0) is 4.74 Å². The van der Waals surface area contributed by atoms with Crippen LogP contribution >= 0.6 is 0 Å². The number of hydrogen-bond acceptors (Lipinski definition) is 3. The predicted octanol–water partition coefficient (Wildman–Crippen LogP) is 6.66. The van der Waals surface area contributed by atoms with Crippen molar-refractivity contribution in [3.8, 4) is 5.75 Å². The monoisotopic (exact) mass is 386 g/mol. The summed E-state index contributed by atoms with van der Waals surface area (Å²) in [5.41, 5.74) is 4.26. The van der Waals surface area contributed by atoms with Gasteiger partial charge >= 0.3 is 5.97 Å². The second-order valence-electron chi connectivity index (χ2n) is 7.95. The molecule has 0 atom stereocenters. The molecule has 0 heterocycles. The van der Waals surface area contributed by atoms with E-state index in [1.165, 1.54) is 18.7 Å². The number of hydrogen-bond donors (Lipinski definition) is 0. The van der Waals surface area contributed by atoms with Crippen LogP contribution in [0.5, 0.6) is 5.75 Å². The fourth-order valence-corrected chi connectivity index (χ4v) is 4.03. The molecular formula is C24H31FO3. The quantitative estimate of drug-likeness (QED) is 0.405. The lowest BCUT2D eigenvalue weighted by Gasteiger charge is -2.36. The van der Waals surface area contributed by atoms with Gasteiger partial charge in [0.25, 0.3) is 0 Å². The van der Waals surface area contributed by atoms with E-state index in [9.17, 15) is 4.79 Å². The second kappa shape index (κ2) is 8.76. The Balaban J connectivity index is 2.48. The molecule has 0 amide bonds. The fraction of sp³-hybridized carbons (Fsp3) is 0.458. The molecule has 0 unspecified atom stereocenters. The minimum atomic E-state index is -0.456. The number of rotatable bonds is 6. The Morgan fingerprint density at radius 1 is 1.32 bits per heavy atom. The highest BCUT2D eigenvalue weighted by Crippen LogP contribution is 2.46. The molecule has 0 N–H and O–H groups in total. The highest BCUT2D eigenvalue weighted by molar-refractivity contribution is 5.91. The van der Waals surface area contributed by atoms with Crippen LogP contribution < -0.4 is 4.74 Å². The van der Waals surface area contributed by atoms with Gasteiger partial charge < -0.3 is 9.47 Å². The number of methoxy groups -OCH3 is 1. The summed E-state index contributed by atoms with van der Waals surface area (Å²) >= 11 is 0. The molecule has 0 saturated heterocycles. The van der Waals surface area contributed by atoms with Gasteiger partial charge in [-0.15, -0.1) is 0 Å². The van der Waals surface area contributed by atoms with Crippen molar-refractivity contribution < 1.29 is 18.7 Å². The number of halogens is 1. The molecule has 2 rings (SSSR count). The van der Waals surface area contributed by atoms with Crippen LogP contribution in [0, 0.1) is 5.41 Å². The van der Waals surface area contributed by atoms with Crippen LogP contribution in [0.2, 0.25) is 0 Å². The summed E-state index contributed by atoms with van der Waals surface area (Å²) in [5, 5.41) is 0. The first kappa shape index (κ1) is 21.9. The summed E-state index contributed by atoms with van der Waals surface area (Å²) in [5.74, 6) is -0.551. The van der Waals surface area contributed by atoms with Crippen molar-refractivity contribution in [2.45, 2.75) is 53.9 Å². The average molecular weight is 387 g/mol. The number of benzene rings is 1. The predicted molar refractivity (Wildman–Crippen MR) is 112 cm³/mol. The van der Waals surface area contributed by atoms with Crippen LogP contribution in [0.1, 0.15) is 69.8 Å². The van der Waals surface area contributed by atoms with Crippen LogP contribution in [0.15, 0.2) is 47.1 Å². The van der Waals surface area contributed by atoms with Gasteiger partial charge in [0.05, 0.1) is 24.8 Å². The van der Waals surface area contributed by atoms with E-state index in [1.807, 2.05) is 0 Å². The first-order valence-corrected chi connectivity index (χ1v) is 9.75. The van der Waals surface area contributed by atoms with Gasteiger partial charge in [-0.05, 0) is 80.4 Å². The molecule has 1 aromatic carbocycles. The van der Waals surface area contributed by atoms with Crippen molar-refractivity contribution in [3.05, 3.63) is 58.2 Å². The Hall–Kier alpha value is -2.36. The zero-order valence-corrected chi connectivity index (χ0v) is 17.9. The van der Waals surface area contributed by atoms with E-state index in [0.29, 0.717) is 22.4 Å². The van der Waals surface area contributed by atoms with Crippen molar-refractivity contribution in [3.63, 3.8) is 0 Å². The number of carbonyl (C=O) groups is 1. The van der Waals surface area contributed by atoms with Crippen LogP contribution in [0.3, 0.4) is 0 Å². The van der Waals surface area contributed by atoms with E-state index in [-0.39, 0.29) is 17.8 Å². The summed E-state index contributed by atoms with van der Waals surface area (Å²) in [4.78, 5) is 11.9. The summed E-state index contributed by atoms with van der Waals surface area (Å²) in [6.07, 6.45) is 3.22. The van der Waals surface area contributed by atoms with E-state index in [4.69, 9.17) is 9.47 Å². The molecule has 4 heteroatoms. The Morgan fingerprint density at radius 2 is 2.00 bits per heavy atom. The molecule has 0 fully saturated rings. The molecule has 0 bridgehead atoms. The molecule has 1 aliphatic rings. The van der Waals surface area contributed by atoms with Crippen molar-refractivity contribution >= 4 is 11.8 Å². The molecule has 1 aliphatic carbocycles. The zero-order valence-electron chi connectivity index (χ0n) is 17.9. The van der Waals surface area contributed by atoms with E-state index in [2.05, 4.69) is 27.4 Å². The molecule has 152 valence electrons. The maximum atomic E-state index is 15.4. The van der Waals surface area contributed by atoms with Crippen molar-refractivity contribution in [1.29, 1.82) is 0 Å². The molecule has 3 nitrogen and oxygen atoms in total. The molecule has 1 aromatic rings. The second-order valence-corrected chi connectivity index (χ2v) is 7.95. The fourth-order valence-electron chi connectivity index (χ4n) is 4.03. The molecule has 0 radical (unpaired) electrons. The van der Waals surface area contributed by atoms with Gasteiger partial charge in [0.2, 0.25) is 0 Å². The highest BCUT2D eigenvalue weighted by Gasteiger charge is 2.31. The summed E-state index contributed by atoms with van der Waals surface area (Å²) in [6, 6.07) is 4.63. The van der Waals surface area contributed by atoms with E-state index < -0.39 is 5.97 Å². The number of esters is 1. The lowest BCUT2D eigenvalue weighted by Crippen LogP contribution is -2.22. The third-order valence-electron chi connectivity index (χ3n) is 5.49. The molecule has 0 saturated carbocycles. The van der Waals surface area contributed by atoms with Crippen LogP contribution in [0.25, 0.3) is 5.83 Å². The first-order valence-electron chi connectivity index (χ1n) is 9.75. The largest absolute Gasteiger partial charge is 0.496 e. The maximum absolute atomic E-state index is 15.4. The Labute approximate surface area is 167 Å². The van der Waals surface area contributed by atoms with Crippen molar-refractivity contribution in [1.82, 2.24) is 0 Å². The summed E-state index contributed by atoms with van der Waals surface area (Å²) in [7, 11) is 1.46. The molecular weight excluding hydrogens is 355 g/mol. The van der Waals surface area contributed by atoms with E-state index in [1.54, 1.807) is 26.0 Å². The van der Waals surface area contributed by atoms with Gasteiger partial charge in [-0.1, -0.05) is 26.0 Å². The Morgan fingerprint density at radius 3 is 2.57 bits per heavy atom. The Bertz CT molecular complexity index is 843. The third-order valence-corrected chi connectivity index (χ3v) is 5.49. The van der Waals surface area contributed by atoms with Crippen molar-refractivity contribution in [2.24, 2.45) is 5.41 Å². The van der Waals surface area contributed by atoms with Crippen LogP contribution in [-0.4, -0.2) is 19.7 Å².